The summed E-state index contributed by atoms with van der Waals surface area (Å²) in [4.78, 5) is 19.0. The molecule has 4 nitrogen and oxygen atoms in total. The van der Waals surface area contributed by atoms with Gasteiger partial charge >= 0.3 is 0 Å². The molecule has 0 N–H and O–H groups in total. The number of carbonyl (C=O) groups is 1. The van der Waals surface area contributed by atoms with Gasteiger partial charge in [0.15, 0.2) is 0 Å². The van der Waals surface area contributed by atoms with Crippen LogP contribution in [0, 0.1) is 11.6 Å². The zero-order valence-electron chi connectivity index (χ0n) is 17.8. The van der Waals surface area contributed by atoms with Crippen LogP contribution in [0.1, 0.15) is 42.0 Å². The summed E-state index contributed by atoms with van der Waals surface area (Å²) < 4.78 is 31.7. The fraction of sp³-hybridized carbons (Fsp3) is 0.308. The van der Waals surface area contributed by atoms with Crippen LogP contribution in [0.5, 0.6) is 5.75 Å². The number of carbonyl (C=O) groups excluding carboxylic acids is 1. The highest BCUT2D eigenvalue weighted by Crippen LogP contribution is 2.27. The average molecular weight is 437 g/mol. The summed E-state index contributed by atoms with van der Waals surface area (Å²) in [7, 11) is 0. The van der Waals surface area contributed by atoms with Crippen LogP contribution in [-0.4, -0.2) is 35.5 Å². The number of halogens is 2. The van der Waals surface area contributed by atoms with E-state index >= 15 is 0 Å². The predicted molar refractivity (Wildman–Crippen MR) is 119 cm³/mol. The highest BCUT2D eigenvalue weighted by atomic mass is 19.1. The van der Waals surface area contributed by atoms with Crippen LogP contribution >= 0.6 is 0 Å². The van der Waals surface area contributed by atoms with Crippen LogP contribution in [0.2, 0.25) is 0 Å². The van der Waals surface area contributed by atoms with Crippen LogP contribution in [0.25, 0.3) is 0 Å². The van der Waals surface area contributed by atoms with Crippen molar-refractivity contribution in [2.75, 3.05) is 19.7 Å². The number of amides is 1. The molecule has 1 aliphatic rings. The molecule has 166 valence electrons. The molecule has 32 heavy (non-hydrogen) atoms. The van der Waals surface area contributed by atoms with E-state index in [9.17, 15) is 13.6 Å². The molecule has 0 saturated carbocycles. The third-order valence-electron chi connectivity index (χ3n) is 5.82. The molecule has 0 spiro atoms. The standard InChI is InChI=1S/C26H26F2N2O2/c27-22-7-4-19(5-8-22)16-20-6-9-25(29-18-20)21-10-13-30(14-11-21)26(31)12-15-32-24-3-1-2-23(28)17-24/h1-9,17-18,21H,10-16H2. The zero-order valence-corrected chi connectivity index (χ0v) is 17.8. The molecule has 0 aliphatic carbocycles. The molecule has 1 saturated heterocycles. The van der Waals surface area contributed by atoms with Gasteiger partial charge in [-0.05, 0) is 60.7 Å². The first-order valence-electron chi connectivity index (χ1n) is 10.9. The van der Waals surface area contributed by atoms with Crippen LogP contribution in [0.3, 0.4) is 0 Å². The Kier molecular flexibility index (Phi) is 7.10. The first-order chi connectivity index (χ1) is 15.6. The summed E-state index contributed by atoms with van der Waals surface area (Å²) in [6.07, 6.45) is 4.64. The Balaban J connectivity index is 1.22. The maximum Gasteiger partial charge on any atom is 0.225 e. The Bertz CT molecular complexity index is 1030. The molecule has 0 bridgehead atoms. The molecular weight excluding hydrogens is 410 g/mol. The molecule has 0 atom stereocenters. The first-order valence-corrected chi connectivity index (χ1v) is 10.9. The largest absolute Gasteiger partial charge is 0.493 e. The van der Waals surface area contributed by atoms with E-state index in [0.717, 1.165) is 36.1 Å². The Hall–Kier alpha value is -3.28. The molecule has 3 aromatic rings. The van der Waals surface area contributed by atoms with Gasteiger partial charge < -0.3 is 9.64 Å². The molecule has 6 heteroatoms. The van der Waals surface area contributed by atoms with Crippen LogP contribution in [0.4, 0.5) is 8.78 Å². The van der Waals surface area contributed by atoms with Crippen molar-refractivity contribution in [3.8, 4) is 5.75 Å². The average Bonchev–Trinajstić information content (AvgIpc) is 2.81. The minimum absolute atomic E-state index is 0.0578. The van der Waals surface area contributed by atoms with Gasteiger partial charge in [0.2, 0.25) is 5.91 Å². The lowest BCUT2D eigenvalue weighted by Gasteiger charge is -2.32. The summed E-state index contributed by atoms with van der Waals surface area (Å²) in [5.41, 5.74) is 3.19. The number of nitrogens with zero attached hydrogens (tertiary/aromatic N) is 2. The van der Waals surface area contributed by atoms with E-state index in [1.807, 2.05) is 11.1 Å². The van der Waals surface area contributed by atoms with E-state index in [-0.39, 0.29) is 30.6 Å². The normalized spacial score (nSPS) is 14.4. The van der Waals surface area contributed by atoms with E-state index in [4.69, 9.17) is 4.74 Å². The Morgan fingerprint density at radius 2 is 1.72 bits per heavy atom. The molecule has 1 aliphatic heterocycles. The van der Waals surface area contributed by atoms with Gasteiger partial charge in [0.25, 0.3) is 0 Å². The van der Waals surface area contributed by atoms with Crippen LogP contribution < -0.4 is 4.74 Å². The van der Waals surface area contributed by atoms with Crippen molar-refractivity contribution in [2.24, 2.45) is 0 Å². The Labute approximate surface area is 186 Å². The molecule has 0 radical (unpaired) electrons. The minimum Gasteiger partial charge on any atom is -0.493 e. The molecule has 1 aromatic heterocycles. The summed E-state index contributed by atoms with van der Waals surface area (Å²) in [6.45, 7) is 1.63. The van der Waals surface area contributed by atoms with E-state index in [2.05, 4.69) is 17.1 Å². The van der Waals surface area contributed by atoms with E-state index in [0.29, 0.717) is 24.8 Å². The summed E-state index contributed by atoms with van der Waals surface area (Å²) in [5, 5.41) is 0. The third kappa shape index (κ3) is 5.90. The highest BCUT2D eigenvalue weighted by Gasteiger charge is 2.24. The topological polar surface area (TPSA) is 42.4 Å². The maximum absolute atomic E-state index is 13.2. The number of piperidine rings is 1. The van der Waals surface area contributed by atoms with E-state index in [1.165, 1.54) is 24.3 Å². The molecule has 0 unspecified atom stereocenters. The Morgan fingerprint density at radius 3 is 2.41 bits per heavy atom. The van der Waals surface area contributed by atoms with Crippen molar-refractivity contribution >= 4 is 5.91 Å². The first kappa shape index (κ1) is 21.9. The van der Waals surface area contributed by atoms with Gasteiger partial charge in [-0.2, -0.15) is 0 Å². The molecular formula is C26H26F2N2O2. The van der Waals surface area contributed by atoms with Gasteiger partial charge in [-0.25, -0.2) is 8.78 Å². The molecule has 1 fully saturated rings. The van der Waals surface area contributed by atoms with Crippen molar-refractivity contribution < 1.29 is 18.3 Å². The number of rotatable bonds is 7. The summed E-state index contributed by atoms with van der Waals surface area (Å²) in [6, 6.07) is 16.6. The molecule has 2 heterocycles. The number of hydrogen-bond acceptors (Lipinski definition) is 3. The monoisotopic (exact) mass is 436 g/mol. The minimum atomic E-state index is -0.354. The SMILES string of the molecule is O=C(CCOc1cccc(F)c1)N1CCC(c2ccc(Cc3ccc(F)cc3)cn2)CC1. The highest BCUT2D eigenvalue weighted by molar-refractivity contribution is 5.76. The second kappa shape index (κ2) is 10.4. The fourth-order valence-corrected chi connectivity index (χ4v) is 4.02. The lowest BCUT2D eigenvalue weighted by molar-refractivity contribution is -0.132. The van der Waals surface area contributed by atoms with E-state index in [1.54, 1.807) is 24.3 Å². The predicted octanol–water partition coefficient (Wildman–Crippen LogP) is 5.13. The number of likely N-dealkylation sites (tertiary alicyclic amines) is 1. The third-order valence-corrected chi connectivity index (χ3v) is 5.82. The molecule has 1 amide bonds. The second-order valence-electron chi connectivity index (χ2n) is 8.11. The lowest BCUT2D eigenvalue weighted by Crippen LogP contribution is -2.38. The van der Waals surface area contributed by atoms with Gasteiger partial charge in [0, 0.05) is 37.0 Å². The fourth-order valence-electron chi connectivity index (χ4n) is 4.02. The quantitative estimate of drug-likeness (QED) is 0.516. The lowest BCUT2D eigenvalue weighted by atomic mass is 9.92. The Morgan fingerprint density at radius 1 is 0.969 bits per heavy atom. The summed E-state index contributed by atoms with van der Waals surface area (Å²) in [5.74, 6) is 0.245. The van der Waals surface area contributed by atoms with Crippen molar-refractivity contribution in [2.45, 2.75) is 31.6 Å². The number of pyridine rings is 1. The van der Waals surface area contributed by atoms with Gasteiger partial charge in [0.05, 0.1) is 13.0 Å². The second-order valence-corrected chi connectivity index (χ2v) is 8.11. The van der Waals surface area contributed by atoms with Crippen LogP contribution in [0.15, 0.2) is 66.9 Å². The van der Waals surface area contributed by atoms with Gasteiger partial charge in [0.1, 0.15) is 17.4 Å². The number of aromatic nitrogens is 1. The molecule has 4 rings (SSSR count). The number of ether oxygens (including phenoxy) is 1. The summed E-state index contributed by atoms with van der Waals surface area (Å²) >= 11 is 0. The van der Waals surface area contributed by atoms with Gasteiger partial charge in [-0.1, -0.05) is 24.3 Å². The number of hydrogen-bond donors (Lipinski definition) is 0. The van der Waals surface area contributed by atoms with Crippen molar-refractivity contribution in [3.63, 3.8) is 0 Å². The zero-order chi connectivity index (χ0) is 22.3. The smallest absolute Gasteiger partial charge is 0.225 e. The van der Waals surface area contributed by atoms with Gasteiger partial charge in [-0.3, -0.25) is 9.78 Å². The van der Waals surface area contributed by atoms with Crippen molar-refractivity contribution in [1.29, 1.82) is 0 Å². The number of benzene rings is 2. The van der Waals surface area contributed by atoms with E-state index < -0.39 is 0 Å². The van der Waals surface area contributed by atoms with Gasteiger partial charge in [-0.15, -0.1) is 0 Å². The van der Waals surface area contributed by atoms with Crippen molar-refractivity contribution in [3.05, 3.63) is 95.3 Å². The van der Waals surface area contributed by atoms with Crippen LogP contribution in [-0.2, 0) is 11.2 Å². The van der Waals surface area contributed by atoms with Crippen molar-refractivity contribution in [1.82, 2.24) is 9.88 Å². The molecule has 2 aromatic carbocycles. The maximum atomic E-state index is 13.2.